The highest BCUT2D eigenvalue weighted by Gasteiger charge is 2.40. The summed E-state index contributed by atoms with van der Waals surface area (Å²) in [6.07, 6.45) is 9.61. The van der Waals surface area contributed by atoms with Crippen molar-refractivity contribution in [1.29, 1.82) is 0 Å². The van der Waals surface area contributed by atoms with Crippen LogP contribution in [0.15, 0.2) is 27.8 Å². The van der Waals surface area contributed by atoms with E-state index in [4.69, 9.17) is 9.41 Å². The van der Waals surface area contributed by atoms with E-state index in [9.17, 15) is 0 Å². The van der Waals surface area contributed by atoms with E-state index in [0.29, 0.717) is 5.41 Å². The smallest absolute Gasteiger partial charge is 0.193 e. The molecule has 1 saturated carbocycles. The van der Waals surface area contributed by atoms with Crippen molar-refractivity contribution in [2.24, 2.45) is 10.4 Å². The third kappa shape index (κ3) is 3.42. The summed E-state index contributed by atoms with van der Waals surface area (Å²) >= 11 is 0. The second-order valence-corrected chi connectivity index (χ2v) is 6.44. The minimum atomic E-state index is 0.594. The molecule has 0 aromatic carbocycles. The molecular formula is C17H27N3O. The number of nitrogens with one attached hydrogen (secondary N) is 1. The molecule has 1 spiro atoms. The molecular weight excluding hydrogens is 262 g/mol. The van der Waals surface area contributed by atoms with Crippen LogP contribution in [0.4, 0.5) is 0 Å². The van der Waals surface area contributed by atoms with Gasteiger partial charge in [-0.25, -0.2) is 0 Å². The Balaban J connectivity index is 1.58. The summed E-state index contributed by atoms with van der Waals surface area (Å²) in [5, 5.41) is 3.46. The van der Waals surface area contributed by atoms with Crippen molar-refractivity contribution < 1.29 is 4.42 Å². The number of guanidine groups is 1. The SMILES string of the molecule is CCNC(=NCCc1ccco1)N1CCC2(CCCC2)C1. The lowest BCUT2D eigenvalue weighted by Gasteiger charge is -2.25. The maximum Gasteiger partial charge on any atom is 0.193 e. The molecule has 1 N–H and O–H groups in total. The van der Waals surface area contributed by atoms with Crippen LogP contribution in [0.5, 0.6) is 0 Å². The number of aliphatic imine (C=N–C) groups is 1. The van der Waals surface area contributed by atoms with Gasteiger partial charge in [-0.05, 0) is 43.7 Å². The van der Waals surface area contributed by atoms with Gasteiger partial charge in [-0.2, -0.15) is 0 Å². The van der Waals surface area contributed by atoms with Crippen LogP contribution in [-0.4, -0.2) is 37.0 Å². The highest BCUT2D eigenvalue weighted by atomic mass is 16.3. The van der Waals surface area contributed by atoms with E-state index < -0.39 is 0 Å². The zero-order valence-electron chi connectivity index (χ0n) is 13.1. The lowest BCUT2D eigenvalue weighted by atomic mass is 9.86. The topological polar surface area (TPSA) is 40.8 Å². The van der Waals surface area contributed by atoms with Crippen LogP contribution < -0.4 is 5.32 Å². The van der Waals surface area contributed by atoms with Crippen LogP contribution in [0, 0.1) is 5.41 Å². The predicted molar refractivity (Wildman–Crippen MR) is 85.5 cm³/mol. The molecule has 116 valence electrons. The maximum absolute atomic E-state index is 5.37. The van der Waals surface area contributed by atoms with Crippen LogP contribution in [0.25, 0.3) is 0 Å². The molecule has 2 aliphatic rings. The zero-order valence-corrected chi connectivity index (χ0v) is 13.1. The van der Waals surface area contributed by atoms with Crippen molar-refractivity contribution in [3.8, 4) is 0 Å². The van der Waals surface area contributed by atoms with Crippen LogP contribution in [0.3, 0.4) is 0 Å². The Hall–Kier alpha value is -1.45. The van der Waals surface area contributed by atoms with Gasteiger partial charge in [-0.3, -0.25) is 4.99 Å². The van der Waals surface area contributed by atoms with Crippen LogP contribution in [-0.2, 0) is 6.42 Å². The fourth-order valence-electron chi connectivity index (χ4n) is 3.80. The average Bonchev–Trinajstić information content (AvgIpc) is 3.22. The van der Waals surface area contributed by atoms with E-state index in [1.807, 2.05) is 12.1 Å². The molecule has 1 aliphatic heterocycles. The molecule has 0 unspecified atom stereocenters. The fraction of sp³-hybridized carbons (Fsp3) is 0.706. The van der Waals surface area contributed by atoms with Gasteiger partial charge in [0.15, 0.2) is 5.96 Å². The van der Waals surface area contributed by atoms with Crippen molar-refractivity contribution in [2.45, 2.75) is 45.4 Å². The van der Waals surface area contributed by atoms with Gasteiger partial charge in [0.05, 0.1) is 6.26 Å². The molecule has 1 aromatic rings. The van der Waals surface area contributed by atoms with Crippen molar-refractivity contribution in [2.75, 3.05) is 26.2 Å². The molecule has 0 radical (unpaired) electrons. The molecule has 21 heavy (non-hydrogen) atoms. The molecule has 4 heteroatoms. The Labute approximate surface area is 127 Å². The lowest BCUT2D eigenvalue weighted by molar-refractivity contribution is 0.309. The molecule has 0 bridgehead atoms. The van der Waals surface area contributed by atoms with Gasteiger partial charge in [0.25, 0.3) is 0 Å². The summed E-state index contributed by atoms with van der Waals surface area (Å²) in [6.45, 7) is 6.22. The van der Waals surface area contributed by atoms with E-state index in [-0.39, 0.29) is 0 Å². The summed E-state index contributed by atoms with van der Waals surface area (Å²) < 4.78 is 5.37. The second-order valence-electron chi connectivity index (χ2n) is 6.44. The third-order valence-corrected chi connectivity index (χ3v) is 4.94. The highest BCUT2D eigenvalue weighted by molar-refractivity contribution is 5.80. The van der Waals surface area contributed by atoms with Gasteiger partial charge in [-0.15, -0.1) is 0 Å². The third-order valence-electron chi connectivity index (χ3n) is 4.94. The van der Waals surface area contributed by atoms with Crippen molar-refractivity contribution in [1.82, 2.24) is 10.2 Å². The second kappa shape index (κ2) is 6.54. The Morgan fingerprint density at radius 2 is 2.24 bits per heavy atom. The van der Waals surface area contributed by atoms with Crippen molar-refractivity contribution in [3.05, 3.63) is 24.2 Å². The van der Waals surface area contributed by atoms with Gasteiger partial charge < -0.3 is 14.6 Å². The molecule has 1 aliphatic carbocycles. The molecule has 2 heterocycles. The van der Waals surface area contributed by atoms with E-state index >= 15 is 0 Å². The quantitative estimate of drug-likeness (QED) is 0.684. The van der Waals surface area contributed by atoms with Gasteiger partial charge in [0, 0.05) is 32.6 Å². The van der Waals surface area contributed by atoms with Crippen molar-refractivity contribution >= 4 is 5.96 Å². The van der Waals surface area contributed by atoms with E-state index in [2.05, 4.69) is 17.1 Å². The van der Waals surface area contributed by atoms with Gasteiger partial charge >= 0.3 is 0 Å². The number of likely N-dealkylation sites (tertiary alicyclic amines) is 1. The van der Waals surface area contributed by atoms with E-state index in [0.717, 1.165) is 37.8 Å². The molecule has 2 fully saturated rings. The van der Waals surface area contributed by atoms with E-state index in [1.165, 1.54) is 38.6 Å². The van der Waals surface area contributed by atoms with Gasteiger partial charge in [-0.1, -0.05) is 12.8 Å². The standard InChI is InChI=1S/C17H27N3O/c1-2-18-16(19-11-7-15-6-5-13-21-15)20-12-10-17(14-20)8-3-4-9-17/h5-6,13H,2-4,7-12,14H2,1H3,(H,18,19). The summed E-state index contributed by atoms with van der Waals surface area (Å²) in [7, 11) is 0. The number of hydrogen-bond acceptors (Lipinski definition) is 2. The summed E-state index contributed by atoms with van der Waals surface area (Å²) in [5.41, 5.74) is 0.594. The molecule has 1 saturated heterocycles. The summed E-state index contributed by atoms with van der Waals surface area (Å²) in [4.78, 5) is 7.27. The Morgan fingerprint density at radius 1 is 1.38 bits per heavy atom. The average molecular weight is 289 g/mol. The highest BCUT2D eigenvalue weighted by Crippen LogP contribution is 2.45. The van der Waals surface area contributed by atoms with Crippen LogP contribution in [0.1, 0.15) is 44.8 Å². The Morgan fingerprint density at radius 3 is 2.95 bits per heavy atom. The van der Waals surface area contributed by atoms with Gasteiger partial charge in [0.1, 0.15) is 5.76 Å². The predicted octanol–water partition coefficient (Wildman–Crippen LogP) is 3.05. The Kier molecular flexibility index (Phi) is 4.51. The first-order valence-electron chi connectivity index (χ1n) is 8.37. The molecule has 4 nitrogen and oxygen atoms in total. The van der Waals surface area contributed by atoms with Crippen molar-refractivity contribution in [3.63, 3.8) is 0 Å². The fourth-order valence-corrected chi connectivity index (χ4v) is 3.80. The first-order valence-corrected chi connectivity index (χ1v) is 8.37. The Bertz CT molecular complexity index is 460. The normalized spacial score (nSPS) is 21.4. The number of nitrogens with zero attached hydrogens (tertiary/aromatic N) is 2. The summed E-state index contributed by atoms with van der Waals surface area (Å²) in [6, 6.07) is 3.96. The largest absolute Gasteiger partial charge is 0.469 e. The minimum absolute atomic E-state index is 0.594. The van der Waals surface area contributed by atoms with Crippen LogP contribution >= 0.6 is 0 Å². The lowest BCUT2D eigenvalue weighted by Crippen LogP contribution is -2.41. The first kappa shape index (κ1) is 14.5. The zero-order chi connectivity index (χ0) is 14.5. The molecule has 0 atom stereocenters. The molecule has 3 rings (SSSR count). The number of hydrogen-bond donors (Lipinski definition) is 1. The number of rotatable bonds is 4. The molecule has 1 aromatic heterocycles. The van der Waals surface area contributed by atoms with Gasteiger partial charge in [0.2, 0.25) is 0 Å². The molecule has 0 amide bonds. The first-order chi connectivity index (χ1) is 10.3. The monoisotopic (exact) mass is 289 g/mol. The number of furan rings is 1. The summed E-state index contributed by atoms with van der Waals surface area (Å²) in [5.74, 6) is 2.11. The minimum Gasteiger partial charge on any atom is -0.469 e. The maximum atomic E-state index is 5.37. The van der Waals surface area contributed by atoms with Crippen LogP contribution in [0.2, 0.25) is 0 Å². The van der Waals surface area contributed by atoms with E-state index in [1.54, 1.807) is 6.26 Å².